The normalized spacial score (nSPS) is 14.8. The number of carbonyl (C=O) groups is 2. The third kappa shape index (κ3) is 27.6. The quantitative estimate of drug-likeness (QED) is 0.0306. The molecule has 0 aliphatic carbocycles. The molecule has 2 amide bonds. The molecule has 4 aliphatic heterocycles. The lowest BCUT2D eigenvalue weighted by atomic mass is 10.1. The van der Waals surface area contributed by atoms with E-state index in [-0.39, 0.29) is 62.3 Å². The van der Waals surface area contributed by atoms with Crippen LogP contribution in [0.2, 0.25) is 0 Å². The van der Waals surface area contributed by atoms with Crippen molar-refractivity contribution in [2.24, 2.45) is 10.2 Å². The summed E-state index contributed by atoms with van der Waals surface area (Å²) in [5, 5.41) is 21.3. The second-order valence-electron chi connectivity index (χ2n) is 17.9. The first-order chi connectivity index (χ1) is 43.5. The Bertz CT molecular complexity index is 2630. The minimum atomic E-state index is -0.613. The molecule has 478 valence electrons. The van der Waals surface area contributed by atoms with Gasteiger partial charge in [0, 0.05) is 24.0 Å². The molecule has 0 atom stereocenters. The smallest absolute Gasteiger partial charge is 0.275 e. The molecule has 0 aromatic heterocycles. The largest absolute Gasteiger partial charge is 0.490 e. The molecule has 4 heterocycles. The summed E-state index contributed by atoms with van der Waals surface area (Å²) in [7, 11) is 3.26. The van der Waals surface area contributed by atoms with Gasteiger partial charge in [-0.1, -0.05) is 143 Å². The maximum Gasteiger partial charge on any atom is 0.275 e. The van der Waals surface area contributed by atoms with Gasteiger partial charge >= 0.3 is 0 Å². The van der Waals surface area contributed by atoms with Crippen LogP contribution in [-0.4, -0.2) is 197 Å². The summed E-state index contributed by atoms with van der Waals surface area (Å²) in [6.07, 6.45) is 3.12. The van der Waals surface area contributed by atoms with Crippen LogP contribution in [0.15, 0.2) is 120 Å². The van der Waals surface area contributed by atoms with Crippen molar-refractivity contribution in [3.8, 4) is 11.5 Å². The first-order valence-electron chi connectivity index (χ1n) is 28.1. The lowest BCUT2D eigenvalue weighted by Gasteiger charge is -2.17. The van der Waals surface area contributed by atoms with E-state index in [9.17, 15) is 9.59 Å². The molecular weight excluding hydrogens is 1290 g/mol. The number of rotatable bonds is 46. The molecule has 4 aliphatic rings. The van der Waals surface area contributed by atoms with E-state index in [0.717, 1.165) is 22.3 Å². The lowest BCUT2D eigenvalue weighted by molar-refractivity contribution is -0.0159. The summed E-state index contributed by atoms with van der Waals surface area (Å²) >= 11 is 13.9. The standard InChI is InChI=1S/C60H74N4O16S8/c1-67-11-13-69-15-17-71-19-21-73-23-25-75-27-29-77-31-33-79-51-39-50(56(66)64-62-42-46-5-9-48(10-6-46)54-44-86-60(88-54)58-83-37-38-84-58)52(80-34-32-78-30-28-76-26-24-74-22-20-72-18-16-70-14-12-68-2)40-49(51)55(65)63-61-41-45-3-7-47(8-4-45)53-43-85-59(87-53)57-81-35-36-82-57/h3-10,35-44H,11-34H2,1-2H3,(H,63,65)(H,64,66)/b61-41+,62-42+. The van der Waals surface area contributed by atoms with Gasteiger partial charge < -0.3 is 66.3 Å². The zero-order valence-corrected chi connectivity index (χ0v) is 55.6. The van der Waals surface area contributed by atoms with Crippen LogP contribution < -0.4 is 20.3 Å². The highest BCUT2D eigenvalue weighted by molar-refractivity contribution is 8.35. The molecule has 88 heavy (non-hydrogen) atoms. The van der Waals surface area contributed by atoms with Crippen LogP contribution in [0.4, 0.5) is 0 Å². The average Bonchev–Trinajstić information content (AvgIpc) is 4.60. The molecule has 7 rings (SSSR count). The van der Waals surface area contributed by atoms with Crippen molar-refractivity contribution in [2.75, 3.05) is 173 Å². The minimum absolute atomic E-state index is 0.0243. The van der Waals surface area contributed by atoms with Crippen LogP contribution in [0.1, 0.15) is 43.0 Å². The Morgan fingerprint density at radius 1 is 0.375 bits per heavy atom. The summed E-state index contributed by atoms with van der Waals surface area (Å²) < 4.78 is 83.3. The first kappa shape index (κ1) is 71.7. The highest BCUT2D eigenvalue weighted by Crippen LogP contribution is 2.56. The maximum absolute atomic E-state index is 14.1. The molecule has 3 aromatic rings. The molecule has 0 spiro atoms. The molecule has 0 unspecified atom stereocenters. The fourth-order valence-corrected chi connectivity index (χ4v) is 16.3. The molecule has 3 aromatic carbocycles. The van der Waals surface area contributed by atoms with E-state index in [1.807, 2.05) is 48.5 Å². The van der Waals surface area contributed by atoms with Crippen LogP contribution in [-0.2, 0) is 56.8 Å². The Morgan fingerprint density at radius 3 is 0.955 bits per heavy atom. The Kier molecular flexibility index (Phi) is 36.5. The Hall–Kier alpha value is -3.70. The van der Waals surface area contributed by atoms with E-state index in [1.54, 1.807) is 121 Å². The Labute approximate surface area is 548 Å². The van der Waals surface area contributed by atoms with Crippen molar-refractivity contribution in [3.63, 3.8) is 0 Å². The number of benzene rings is 3. The second kappa shape index (κ2) is 44.7. The van der Waals surface area contributed by atoms with E-state index in [0.29, 0.717) is 119 Å². The topological polar surface area (TPSA) is 212 Å². The van der Waals surface area contributed by atoms with Crippen LogP contribution in [0.25, 0.3) is 9.81 Å². The maximum atomic E-state index is 14.1. The number of carbonyl (C=O) groups excluding carboxylic acids is 2. The number of thioether (sulfide) groups is 8. The van der Waals surface area contributed by atoms with Gasteiger partial charge in [0.15, 0.2) is 0 Å². The molecule has 20 nitrogen and oxygen atoms in total. The van der Waals surface area contributed by atoms with Gasteiger partial charge in [0.05, 0.1) is 186 Å². The minimum Gasteiger partial charge on any atom is -0.490 e. The van der Waals surface area contributed by atoms with Crippen molar-refractivity contribution in [2.45, 2.75) is 0 Å². The van der Waals surface area contributed by atoms with Crippen molar-refractivity contribution >= 4 is 128 Å². The van der Waals surface area contributed by atoms with Crippen molar-refractivity contribution < 1.29 is 75.9 Å². The molecule has 0 fully saturated rings. The summed E-state index contributed by atoms with van der Waals surface area (Å²) in [5.41, 5.74) is 9.08. The van der Waals surface area contributed by atoms with Crippen LogP contribution in [0, 0.1) is 0 Å². The fraction of sp³-hybridized carbons (Fsp3) is 0.433. The average molecular weight is 1360 g/mol. The molecule has 0 saturated heterocycles. The highest BCUT2D eigenvalue weighted by atomic mass is 32.2. The summed E-state index contributed by atoms with van der Waals surface area (Å²) in [5.74, 6) is -1.06. The van der Waals surface area contributed by atoms with Gasteiger partial charge in [-0.3, -0.25) is 9.59 Å². The number of hydrogen-bond donors (Lipinski definition) is 2. The predicted octanol–water partition coefficient (Wildman–Crippen LogP) is 11.1. The summed E-state index contributed by atoms with van der Waals surface area (Å²) in [6.45, 7) is 8.98. The number of methoxy groups -OCH3 is 2. The predicted molar refractivity (Wildman–Crippen MR) is 361 cm³/mol. The number of nitrogens with one attached hydrogen (secondary N) is 2. The SMILES string of the molecule is COCCOCCOCCOCCOCCOCCOc1cc(C(=O)N/N=C/c2ccc(C3=CSC(=C4SC=CS4)S3)cc2)c(OCCOCCOCCOCCOCCOCCOC)cc1C(=O)N/N=C/c1ccc(C2=CSC(=C3SC=CS3)S2)cc1. The van der Waals surface area contributed by atoms with E-state index >= 15 is 0 Å². The molecule has 0 radical (unpaired) electrons. The molecule has 2 N–H and O–H groups in total. The second-order valence-corrected chi connectivity index (χ2v) is 26.4. The van der Waals surface area contributed by atoms with Gasteiger partial charge in [-0.05, 0) is 66.8 Å². The molecule has 28 heteroatoms. The number of hydrogen-bond acceptors (Lipinski definition) is 26. The highest BCUT2D eigenvalue weighted by Gasteiger charge is 2.24. The van der Waals surface area contributed by atoms with Gasteiger partial charge in [-0.15, -0.1) is 0 Å². The first-order valence-corrected chi connectivity index (χ1v) is 35.0. The lowest BCUT2D eigenvalue weighted by Crippen LogP contribution is -2.23. The van der Waals surface area contributed by atoms with Gasteiger partial charge in [0.1, 0.15) is 24.7 Å². The summed E-state index contributed by atoms with van der Waals surface area (Å²) in [6, 6.07) is 18.8. The monoisotopic (exact) mass is 1360 g/mol. The van der Waals surface area contributed by atoms with Gasteiger partial charge in [0.25, 0.3) is 11.8 Å². The van der Waals surface area contributed by atoms with Gasteiger partial charge in [-0.25, -0.2) is 10.9 Å². The van der Waals surface area contributed by atoms with E-state index < -0.39 is 11.8 Å². The van der Waals surface area contributed by atoms with Crippen molar-refractivity contribution in [3.05, 3.63) is 143 Å². The zero-order valence-electron chi connectivity index (χ0n) is 49.1. The van der Waals surface area contributed by atoms with Crippen LogP contribution in [0.3, 0.4) is 0 Å². The van der Waals surface area contributed by atoms with E-state index in [4.69, 9.17) is 66.3 Å². The third-order valence-corrected chi connectivity index (χ3v) is 21.8. The fourth-order valence-electron chi connectivity index (χ4n) is 7.29. The Morgan fingerprint density at radius 2 is 0.659 bits per heavy atom. The van der Waals surface area contributed by atoms with Crippen molar-refractivity contribution in [1.29, 1.82) is 0 Å². The molecule has 0 saturated carbocycles. The number of amides is 2. The van der Waals surface area contributed by atoms with E-state index in [1.165, 1.54) is 38.9 Å². The zero-order chi connectivity index (χ0) is 61.3. The number of nitrogens with zero attached hydrogens (tertiary/aromatic N) is 2. The number of hydrazone groups is 2. The van der Waals surface area contributed by atoms with Gasteiger partial charge in [0.2, 0.25) is 0 Å². The Balaban J connectivity index is 0.947. The van der Waals surface area contributed by atoms with Crippen LogP contribution >= 0.6 is 94.1 Å². The van der Waals surface area contributed by atoms with Crippen molar-refractivity contribution in [1.82, 2.24) is 10.9 Å². The molecular formula is C60H74N4O16S8. The summed E-state index contributed by atoms with van der Waals surface area (Å²) in [4.78, 5) is 30.6. The molecule has 0 bridgehead atoms. The van der Waals surface area contributed by atoms with Crippen LogP contribution in [0.5, 0.6) is 11.5 Å². The van der Waals surface area contributed by atoms with Gasteiger partial charge in [-0.2, -0.15) is 10.2 Å². The number of ether oxygens (including phenoxy) is 14. The van der Waals surface area contributed by atoms with E-state index in [2.05, 4.69) is 53.5 Å². The third-order valence-electron chi connectivity index (χ3n) is 11.6.